The van der Waals surface area contributed by atoms with E-state index in [1.165, 1.54) is 23.0 Å². The summed E-state index contributed by atoms with van der Waals surface area (Å²) in [5.41, 5.74) is 6.99. The number of nitrogen functional groups attached to an aromatic ring is 1. The SMILES string of the molecule is N#CCc1cnn(-c2cccc(F)c2)c1N. The van der Waals surface area contributed by atoms with Crippen LogP contribution >= 0.6 is 0 Å². The highest BCUT2D eigenvalue weighted by atomic mass is 19.1. The summed E-state index contributed by atoms with van der Waals surface area (Å²) in [6, 6.07) is 7.95. The Hall–Kier alpha value is -2.35. The van der Waals surface area contributed by atoms with Crippen LogP contribution in [0.5, 0.6) is 0 Å². The second kappa shape index (κ2) is 4.03. The lowest BCUT2D eigenvalue weighted by Gasteiger charge is -2.04. The van der Waals surface area contributed by atoms with Gasteiger partial charge in [0.15, 0.2) is 0 Å². The van der Waals surface area contributed by atoms with Gasteiger partial charge in [-0.05, 0) is 18.2 Å². The second-order valence-electron chi connectivity index (χ2n) is 3.28. The van der Waals surface area contributed by atoms with E-state index in [-0.39, 0.29) is 12.2 Å². The fraction of sp³-hybridized carbons (Fsp3) is 0.0909. The number of nitriles is 1. The standard InChI is InChI=1S/C11H9FN4/c12-9-2-1-3-10(6-9)16-11(14)8(4-5-13)7-15-16/h1-3,6-7H,4,14H2. The van der Waals surface area contributed by atoms with Crippen LogP contribution in [0.1, 0.15) is 5.56 Å². The van der Waals surface area contributed by atoms with E-state index in [4.69, 9.17) is 11.0 Å². The molecule has 4 nitrogen and oxygen atoms in total. The van der Waals surface area contributed by atoms with Crippen LogP contribution in [0.2, 0.25) is 0 Å². The second-order valence-corrected chi connectivity index (χ2v) is 3.28. The topological polar surface area (TPSA) is 67.6 Å². The number of benzene rings is 1. The summed E-state index contributed by atoms with van der Waals surface area (Å²) < 4.78 is 14.4. The van der Waals surface area contributed by atoms with E-state index in [9.17, 15) is 4.39 Å². The van der Waals surface area contributed by atoms with Gasteiger partial charge in [-0.1, -0.05) is 6.07 Å². The Balaban J connectivity index is 2.46. The van der Waals surface area contributed by atoms with Crippen molar-refractivity contribution in [2.75, 3.05) is 5.73 Å². The maximum absolute atomic E-state index is 13.0. The van der Waals surface area contributed by atoms with Crippen LogP contribution in [0.3, 0.4) is 0 Å². The maximum Gasteiger partial charge on any atom is 0.131 e. The molecule has 0 radical (unpaired) electrons. The highest BCUT2D eigenvalue weighted by molar-refractivity contribution is 5.47. The van der Waals surface area contributed by atoms with Crippen LogP contribution in [-0.2, 0) is 6.42 Å². The Morgan fingerprint density at radius 2 is 2.31 bits per heavy atom. The molecule has 1 aromatic heterocycles. The molecule has 80 valence electrons. The van der Waals surface area contributed by atoms with Crippen LogP contribution < -0.4 is 5.73 Å². The first-order valence-corrected chi connectivity index (χ1v) is 4.67. The van der Waals surface area contributed by atoms with Crippen LogP contribution in [0.25, 0.3) is 5.69 Å². The van der Waals surface area contributed by atoms with Crippen molar-refractivity contribution in [2.45, 2.75) is 6.42 Å². The normalized spacial score (nSPS) is 10.0. The Kier molecular flexibility index (Phi) is 2.56. The Bertz CT molecular complexity index is 553. The third-order valence-electron chi connectivity index (χ3n) is 2.21. The predicted octanol–water partition coefficient (Wildman–Crippen LogP) is 1.66. The van der Waals surface area contributed by atoms with E-state index in [1.807, 2.05) is 6.07 Å². The van der Waals surface area contributed by atoms with Crippen molar-refractivity contribution in [3.05, 3.63) is 41.8 Å². The number of aromatic nitrogens is 2. The first-order chi connectivity index (χ1) is 7.72. The largest absolute Gasteiger partial charge is 0.383 e. The minimum absolute atomic E-state index is 0.196. The van der Waals surface area contributed by atoms with E-state index < -0.39 is 0 Å². The molecule has 0 fully saturated rings. The van der Waals surface area contributed by atoms with Gasteiger partial charge in [0.25, 0.3) is 0 Å². The van der Waals surface area contributed by atoms with Gasteiger partial charge in [-0.15, -0.1) is 0 Å². The predicted molar refractivity (Wildman–Crippen MR) is 57.3 cm³/mol. The minimum Gasteiger partial charge on any atom is -0.383 e. The van der Waals surface area contributed by atoms with E-state index in [1.54, 1.807) is 12.1 Å². The van der Waals surface area contributed by atoms with Gasteiger partial charge in [0.05, 0.1) is 24.4 Å². The van der Waals surface area contributed by atoms with Crippen molar-refractivity contribution in [2.24, 2.45) is 0 Å². The van der Waals surface area contributed by atoms with E-state index in [0.717, 1.165) is 0 Å². The average Bonchev–Trinajstić information content (AvgIpc) is 2.61. The minimum atomic E-state index is -0.353. The summed E-state index contributed by atoms with van der Waals surface area (Å²) in [5, 5.41) is 12.6. The monoisotopic (exact) mass is 216 g/mol. The lowest BCUT2D eigenvalue weighted by atomic mass is 10.2. The van der Waals surface area contributed by atoms with Gasteiger partial charge in [0.2, 0.25) is 0 Å². The molecule has 2 aromatic rings. The summed E-state index contributed by atoms with van der Waals surface area (Å²) in [7, 11) is 0. The number of rotatable bonds is 2. The Morgan fingerprint density at radius 1 is 1.50 bits per heavy atom. The van der Waals surface area contributed by atoms with Crippen LogP contribution in [0.15, 0.2) is 30.5 Å². The highest BCUT2D eigenvalue weighted by Gasteiger charge is 2.08. The molecule has 2 rings (SSSR count). The molecular formula is C11H9FN4. The van der Waals surface area contributed by atoms with Crippen molar-refractivity contribution in [1.82, 2.24) is 9.78 Å². The molecule has 0 aliphatic rings. The molecule has 0 aliphatic heterocycles. The molecule has 0 aliphatic carbocycles. The van der Waals surface area contributed by atoms with Crippen LogP contribution in [-0.4, -0.2) is 9.78 Å². The molecule has 2 N–H and O–H groups in total. The Labute approximate surface area is 91.7 Å². The quantitative estimate of drug-likeness (QED) is 0.830. The molecule has 0 saturated heterocycles. The van der Waals surface area contributed by atoms with Gasteiger partial charge in [-0.25, -0.2) is 9.07 Å². The molecular weight excluding hydrogens is 207 g/mol. The molecule has 0 atom stereocenters. The zero-order valence-electron chi connectivity index (χ0n) is 8.39. The number of hydrogen-bond acceptors (Lipinski definition) is 3. The molecule has 16 heavy (non-hydrogen) atoms. The average molecular weight is 216 g/mol. The molecule has 1 aromatic carbocycles. The van der Waals surface area contributed by atoms with Crippen LogP contribution in [0, 0.1) is 17.1 Å². The summed E-state index contributed by atoms with van der Waals surface area (Å²) >= 11 is 0. The summed E-state index contributed by atoms with van der Waals surface area (Å²) in [6.07, 6.45) is 1.71. The van der Waals surface area contributed by atoms with E-state index >= 15 is 0 Å². The fourth-order valence-corrected chi connectivity index (χ4v) is 1.43. The van der Waals surface area contributed by atoms with Gasteiger partial charge in [0, 0.05) is 5.56 Å². The smallest absolute Gasteiger partial charge is 0.131 e. The molecule has 5 heteroatoms. The molecule has 0 spiro atoms. The molecule has 0 bridgehead atoms. The maximum atomic E-state index is 13.0. The van der Waals surface area contributed by atoms with Gasteiger partial charge in [-0.2, -0.15) is 10.4 Å². The lowest BCUT2D eigenvalue weighted by molar-refractivity contribution is 0.625. The third-order valence-corrected chi connectivity index (χ3v) is 2.21. The fourth-order valence-electron chi connectivity index (χ4n) is 1.43. The molecule has 1 heterocycles. The number of anilines is 1. The van der Waals surface area contributed by atoms with Crippen molar-refractivity contribution >= 4 is 5.82 Å². The van der Waals surface area contributed by atoms with E-state index in [0.29, 0.717) is 17.1 Å². The summed E-state index contributed by atoms with van der Waals surface area (Å²) in [6.45, 7) is 0. The number of nitrogens with two attached hydrogens (primary N) is 1. The zero-order chi connectivity index (χ0) is 11.5. The Morgan fingerprint density at radius 3 is 3.00 bits per heavy atom. The zero-order valence-corrected chi connectivity index (χ0v) is 8.39. The van der Waals surface area contributed by atoms with Crippen molar-refractivity contribution in [3.63, 3.8) is 0 Å². The van der Waals surface area contributed by atoms with Crippen LogP contribution in [0.4, 0.5) is 10.2 Å². The van der Waals surface area contributed by atoms with Gasteiger partial charge in [0.1, 0.15) is 11.6 Å². The summed E-state index contributed by atoms with van der Waals surface area (Å²) in [5.74, 6) is 0.0152. The van der Waals surface area contributed by atoms with Crippen molar-refractivity contribution in [3.8, 4) is 11.8 Å². The van der Waals surface area contributed by atoms with Gasteiger partial charge in [-0.3, -0.25) is 0 Å². The van der Waals surface area contributed by atoms with E-state index in [2.05, 4.69) is 5.10 Å². The van der Waals surface area contributed by atoms with Crippen molar-refractivity contribution in [1.29, 1.82) is 5.26 Å². The third kappa shape index (κ3) is 1.73. The van der Waals surface area contributed by atoms with Gasteiger partial charge >= 0.3 is 0 Å². The number of nitrogens with zero attached hydrogens (tertiary/aromatic N) is 3. The van der Waals surface area contributed by atoms with Crippen molar-refractivity contribution < 1.29 is 4.39 Å². The summed E-state index contributed by atoms with van der Waals surface area (Å²) in [4.78, 5) is 0. The highest BCUT2D eigenvalue weighted by Crippen LogP contribution is 2.17. The molecule has 0 amide bonds. The molecule has 0 saturated carbocycles. The number of halogens is 1. The van der Waals surface area contributed by atoms with Gasteiger partial charge < -0.3 is 5.73 Å². The first kappa shape index (κ1) is 10.2. The first-order valence-electron chi connectivity index (χ1n) is 4.67. The lowest BCUT2D eigenvalue weighted by Crippen LogP contribution is -2.03. The molecule has 0 unspecified atom stereocenters. The number of hydrogen-bond donors (Lipinski definition) is 1.